The summed E-state index contributed by atoms with van der Waals surface area (Å²) < 4.78 is 0. The lowest BCUT2D eigenvalue weighted by Gasteiger charge is -2.08. The number of rotatable bonds is 5. The van der Waals surface area contributed by atoms with Crippen LogP contribution in [-0.4, -0.2) is 15.9 Å². The Bertz CT molecular complexity index is 614. The van der Waals surface area contributed by atoms with Crippen LogP contribution in [0.4, 0.5) is 5.69 Å². The first-order valence-electron chi connectivity index (χ1n) is 6.93. The van der Waals surface area contributed by atoms with Gasteiger partial charge in [0.15, 0.2) is 0 Å². The Balaban J connectivity index is 2.08. The standard InChI is InChI=1S/C16H18ClN3O/c1-11(2)3-4-12-5-6-14(15(17)19-12)16(21)20-13-7-9-18-10-8-13/h5-11H,3-4H2,1-2H3,(H,18,20,21). The highest BCUT2D eigenvalue weighted by Crippen LogP contribution is 2.17. The number of carbonyl (C=O) groups is 1. The van der Waals surface area contributed by atoms with Crippen molar-refractivity contribution in [3.63, 3.8) is 0 Å². The molecule has 2 rings (SSSR count). The van der Waals surface area contributed by atoms with E-state index in [0.717, 1.165) is 18.5 Å². The van der Waals surface area contributed by atoms with Gasteiger partial charge in [0.2, 0.25) is 0 Å². The molecule has 21 heavy (non-hydrogen) atoms. The highest BCUT2D eigenvalue weighted by Gasteiger charge is 2.12. The van der Waals surface area contributed by atoms with Gasteiger partial charge >= 0.3 is 0 Å². The molecule has 2 aromatic rings. The summed E-state index contributed by atoms with van der Waals surface area (Å²) in [5.74, 6) is 0.342. The van der Waals surface area contributed by atoms with Crippen molar-refractivity contribution in [2.75, 3.05) is 5.32 Å². The number of hydrogen-bond donors (Lipinski definition) is 1. The zero-order valence-electron chi connectivity index (χ0n) is 12.1. The Labute approximate surface area is 129 Å². The summed E-state index contributed by atoms with van der Waals surface area (Å²) in [5.41, 5.74) is 1.96. The number of halogens is 1. The Morgan fingerprint density at radius 2 is 1.95 bits per heavy atom. The van der Waals surface area contributed by atoms with Crippen LogP contribution in [-0.2, 0) is 6.42 Å². The van der Waals surface area contributed by atoms with E-state index in [1.54, 1.807) is 30.6 Å². The molecular formula is C16H18ClN3O. The van der Waals surface area contributed by atoms with Crippen LogP contribution in [0, 0.1) is 5.92 Å². The van der Waals surface area contributed by atoms with Gasteiger partial charge in [0.05, 0.1) is 5.56 Å². The molecule has 0 aliphatic rings. The number of nitrogens with one attached hydrogen (secondary N) is 1. The fourth-order valence-corrected chi connectivity index (χ4v) is 2.11. The van der Waals surface area contributed by atoms with Crippen molar-refractivity contribution in [3.05, 3.63) is 53.1 Å². The normalized spacial score (nSPS) is 10.7. The SMILES string of the molecule is CC(C)CCc1ccc(C(=O)Nc2ccncc2)c(Cl)n1. The summed E-state index contributed by atoms with van der Waals surface area (Å²) in [5, 5.41) is 3.00. The van der Waals surface area contributed by atoms with Gasteiger partial charge in [-0.05, 0) is 43.0 Å². The summed E-state index contributed by atoms with van der Waals surface area (Å²) in [4.78, 5) is 20.4. The van der Waals surface area contributed by atoms with Crippen LogP contribution < -0.4 is 5.32 Å². The van der Waals surface area contributed by atoms with E-state index in [9.17, 15) is 4.79 Å². The monoisotopic (exact) mass is 303 g/mol. The van der Waals surface area contributed by atoms with Gasteiger partial charge in [-0.3, -0.25) is 9.78 Å². The largest absolute Gasteiger partial charge is 0.322 e. The Morgan fingerprint density at radius 1 is 1.24 bits per heavy atom. The predicted octanol–water partition coefficient (Wildman–Crippen LogP) is 3.97. The van der Waals surface area contributed by atoms with Crippen LogP contribution in [0.5, 0.6) is 0 Å². The number of pyridine rings is 2. The summed E-state index contributed by atoms with van der Waals surface area (Å²) in [6, 6.07) is 7.02. The van der Waals surface area contributed by atoms with Crippen molar-refractivity contribution < 1.29 is 4.79 Å². The van der Waals surface area contributed by atoms with E-state index >= 15 is 0 Å². The van der Waals surface area contributed by atoms with Gasteiger partial charge in [0.25, 0.3) is 5.91 Å². The number of carbonyl (C=O) groups excluding carboxylic acids is 1. The number of hydrogen-bond acceptors (Lipinski definition) is 3. The van der Waals surface area contributed by atoms with E-state index in [2.05, 4.69) is 29.1 Å². The summed E-state index contributed by atoms with van der Waals surface area (Å²) >= 11 is 6.12. The highest BCUT2D eigenvalue weighted by atomic mass is 35.5. The van der Waals surface area contributed by atoms with E-state index in [1.807, 2.05) is 6.07 Å². The Hall–Kier alpha value is -1.94. The molecule has 0 unspecified atom stereocenters. The van der Waals surface area contributed by atoms with Crippen LogP contribution in [0.15, 0.2) is 36.7 Å². The third kappa shape index (κ3) is 4.53. The van der Waals surface area contributed by atoms with Crippen LogP contribution in [0.3, 0.4) is 0 Å². The molecule has 0 aliphatic heterocycles. The fraction of sp³-hybridized carbons (Fsp3) is 0.312. The molecule has 0 bridgehead atoms. The number of anilines is 1. The van der Waals surface area contributed by atoms with E-state index in [0.29, 0.717) is 17.2 Å². The average molecular weight is 304 g/mol. The maximum Gasteiger partial charge on any atom is 0.258 e. The molecule has 0 saturated carbocycles. The molecule has 0 saturated heterocycles. The second kappa shape index (κ2) is 7.18. The number of amides is 1. The maximum absolute atomic E-state index is 12.2. The minimum absolute atomic E-state index is 0.239. The smallest absolute Gasteiger partial charge is 0.258 e. The van der Waals surface area contributed by atoms with Crippen molar-refractivity contribution >= 4 is 23.2 Å². The van der Waals surface area contributed by atoms with Gasteiger partial charge in [0.1, 0.15) is 5.15 Å². The van der Waals surface area contributed by atoms with Gasteiger partial charge in [-0.25, -0.2) is 4.98 Å². The van der Waals surface area contributed by atoms with Crippen molar-refractivity contribution in [3.8, 4) is 0 Å². The lowest BCUT2D eigenvalue weighted by molar-refractivity contribution is 0.102. The molecule has 1 N–H and O–H groups in total. The fourth-order valence-electron chi connectivity index (χ4n) is 1.85. The summed E-state index contributed by atoms with van der Waals surface area (Å²) in [6.07, 6.45) is 5.14. The molecule has 5 heteroatoms. The zero-order chi connectivity index (χ0) is 15.2. The van der Waals surface area contributed by atoms with Crippen LogP contribution in [0.1, 0.15) is 36.3 Å². The van der Waals surface area contributed by atoms with Gasteiger partial charge in [0, 0.05) is 23.8 Å². The lowest BCUT2D eigenvalue weighted by atomic mass is 10.1. The third-order valence-electron chi connectivity index (χ3n) is 3.07. The molecule has 2 aromatic heterocycles. The van der Waals surface area contributed by atoms with E-state index in [1.165, 1.54) is 0 Å². The molecule has 0 aromatic carbocycles. The second-order valence-corrected chi connectivity index (χ2v) is 5.62. The number of nitrogens with zero attached hydrogens (tertiary/aromatic N) is 2. The van der Waals surface area contributed by atoms with E-state index in [-0.39, 0.29) is 11.1 Å². The Kier molecular flexibility index (Phi) is 5.28. The molecule has 2 heterocycles. The zero-order valence-corrected chi connectivity index (χ0v) is 12.9. The van der Waals surface area contributed by atoms with Crippen molar-refractivity contribution in [2.24, 2.45) is 5.92 Å². The summed E-state index contributed by atoms with van der Waals surface area (Å²) in [7, 11) is 0. The Morgan fingerprint density at radius 3 is 2.57 bits per heavy atom. The van der Waals surface area contributed by atoms with Crippen molar-refractivity contribution in [1.29, 1.82) is 0 Å². The van der Waals surface area contributed by atoms with Crippen LogP contribution >= 0.6 is 11.6 Å². The molecule has 0 fully saturated rings. The molecule has 0 radical (unpaired) electrons. The molecule has 0 atom stereocenters. The maximum atomic E-state index is 12.2. The van der Waals surface area contributed by atoms with Crippen molar-refractivity contribution in [1.82, 2.24) is 9.97 Å². The molecule has 4 nitrogen and oxygen atoms in total. The first-order chi connectivity index (χ1) is 10.1. The predicted molar refractivity (Wildman–Crippen MR) is 84.6 cm³/mol. The lowest BCUT2D eigenvalue weighted by Crippen LogP contribution is -2.13. The first kappa shape index (κ1) is 15.4. The minimum atomic E-state index is -0.269. The molecule has 0 aliphatic carbocycles. The van der Waals surface area contributed by atoms with E-state index < -0.39 is 0 Å². The molecule has 0 spiro atoms. The van der Waals surface area contributed by atoms with Gasteiger partial charge < -0.3 is 5.32 Å². The van der Waals surface area contributed by atoms with Crippen molar-refractivity contribution in [2.45, 2.75) is 26.7 Å². The topological polar surface area (TPSA) is 54.9 Å². The first-order valence-corrected chi connectivity index (χ1v) is 7.31. The van der Waals surface area contributed by atoms with E-state index in [4.69, 9.17) is 11.6 Å². The quantitative estimate of drug-likeness (QED) is 0.850. The van der Waals surface area contributed by atoms with Crippen LogP contribution in [0.2, 0.25) is 5.15 Å². The minimum Gasteiger partial charge on any atom is -0.322 e. The highest BCUT2D eigenvalue weighted by molar-refractivity contribution is 6.33. The van der Waals surface area contributed by atoms with Gasteiger partial charge in [-0.15, -0.1) is 0 Å². The average Bonchev–Trinajstić information content (AvgIpc) is 2.46. The number of aromatic nitrogens is 2. The molecule has 110 valence electrons. The number of aryl methyl sites for hydroxylation is 1. The molecular weight excluding hydrogens is 286 g/mol. The third-order valence-corrected chi connectivity index (χ3v) is 3.36. The van der Waals surface area contributed by atoms with Crippen LogP contribution in [0.25, 0.3) is 0 Å². The van der Waals surface area contributed by atoms with Gasteiger partial charge in [-0.2, -0.15) is 0 Å². The van der Waals surface area contributed by atoms with Gasteiger partial charge in [-0.1, -0.05) is 25.4 Å². The summed E-state index contributed by atoms with van der Waals surface area (Å²) in [6.45, 7) is 4.33. The second-order valence-electron chi connectivity index (χ2n) is 5.26. The molecule has 1 amide bonds.